The number of hydrogen-bond donors (Lipinski definition) is 1. The molecule has 2 aromatic rings. The van der Waals surface area contributed by atoms with Gasteiger partial charge in [0.15, 0.2) is 5.82 Å². The standard InChI is InChI=1S/C13H15FN2O2S/c14-10-5-1-2-6-11(10)19-9-12-15-13(18-16-12)7-3-4-8-17/h1-2,5-6,17H,3-4,7-9H2. The van der Waals surface area contributed by atoms with Gasteiger partial charge >= 0.3 is 0 Å². The topological polar surface area (TPSA) is 59.2 Å². The molecule has 0 aliphatic rings. The lowest BCUT2D eigenvalue weighted by Crippen LogP contribution is -1.90. The molecule has 1 aromatic heterocycles. The van der Waals surface area contributed by atoms with E-state index < -0.39 is 0 Å². The SMILES string of the molecule is OCCCCc1nc(CSc2ccccc2F)no1. The fraction of sp³-hybridized carbons (Fsp3) is 0.385. The Morgan fingerprint density at radius 3 is 2.89 bits per heavy atom. The van der Waals surface area contributed by atoms with Crippen LogP contribution in [0, 0.1) is 5.82 Å². The van der Waals surface area contributed by atoms with Crippen LogP contribution >= 0.6 is 11.8 Å². The largest absolute Gasteiger partial charge is 0.396 e. The number of hydrogen-bond acceptors (Lipinski definition) is 5. The van der Waals surface area contributed by atoms with Gasteiger partial charge in [-0.3, -0.25) is 0 Å². The van der Waals surface area contributed by atoms with E-state index in [4.69, 9.17) is 9.63 Å². The molecule has 1 aromatic carbocycles. The summed E-state index contributed by atoms with van der Waals surface area (Å²) in [6, 6.07) is 6.61. The van der Waals surface area contributed by atoms with E-state index in [2.05, 4.69) is 10.1 Å². The first-order valence-electron chi connectivity index (χ1n) is 6.09. The molecule has 1 N–H and O–H groups in total. The minimum absolute atomic E-state index is 0.171. The number of unbranched alkanes of at least 4 members (excludes halogenated alkanes) is 1. The molecule has 0 unspecified atom stereocenters. The number of aromatic nitrogens is 2. The zero-order valence-electron chi connectivity index (χ0n) is 10.4. The van der Waals surface area contributed by atoms with Crippen LogP contribution in [-0.4, -0.2) is 21.9 Å². The summed E-state index contributed by atoms with van der Waals surface area (Å²) < 4.78 is 18.5. The molecule has 102 valence electrons. The molecule has 6 heteroatoms. The molecule has 1 heterocycles. The maximum absolute atomic E-state index is 13.4. The van der Waals surface area contributed by atoms with Crippen molar-refractivity contribution in [3.8, 4) is 0 Å². The second-order valence-electron chi connectivity index (χ2n) is 4.00. The summed E-state index contributed by atoms with van der Waals surface area (Å²) in [4.78, 5) is 4.80. The third-order valence-corrected chi connectivity index (χ3v) is 3.55. The predicted octanol–water partition coefficient (Wildman–Crippen LogP) is 2.82. The van der Waals surface area contributed by atoms with Crippen LogP contribution in [0.3, 0.4) is 0 Å². The van der Waals surface area contributed by atoms with E-state index in [1.165, 1.54) is 17.8 Å². The van der Waals surface area contributed by atoms with Crippen molar-refractivity contribution < 1.29 is 14.0 Å². The molecule has 0 amide bonds. The fourth-order valence-corrected chi connectivity index (χ4v) is 2.33. The highest BCUT2D eigenvalue weighted by Gasteiger charge is 2.08. The maximum Gasteiger partial charge on any atom is 0.226 e. The zero-order chi connectivity index (χ0) is 13.5. The Kier molecular flexibility index (Phi) is 5.35. The maximum atomic E-state index is 13.4. The Labute approximate surface area is 115 Å². The van der Waals surface area contributed by atoms with Gasteiger partial charge in [0, 0.05) is 17.9 Å². The number of aliphatic hydroxyl groups is 1. The molecule has 0 radical (unpaired) electrons. The lowest BCUT2D eigenvalue weighted by atomic mass is 10.2. The number of aliphatic hydroxyl groups excluding tert-OH is 1. The molecular formula is C13H15FN2O2S. The Balaban J connectivity index is 1.85. The molecule has 0 aliphatic carbocycles. The van der Waals surface area contributed by atoms with E-state index in [1.807, 2.05) is 0 Å². The van der Waals surface area contributed by atoms with Crippen molar-refractivity contribution in [3.63, 3.8) is 0 Å². The van der Waals surface area contributed by atoms with Gasteiger partial charge in [-0.1, -0.05) is 17.3 Å². The zero-order valence-corrected chi connectivity index (χ0v) is 11.2. The molecule has 0 spiro atoms. The summed E-state index contributed by atoms with van der Waals surface area (Å²) in [5.74, 6) is 1.37. The van der Waals surface area contributed by atoms with Gasteiger partial charge in [0.25, 0.3) is 0 Å². The molecule has 0 saturated carbocycles. The molecule has 0 bridgehead atoms. The molecule has 4 nitrogen and oxygen atoms in total. The lowest BCUT2D eigenvalue weighted by molar-refractivity contribution is 0.280. The van der Waals surface area contributed by atoms with Crippen molar-refractivity contribution in [2.24, 2.45) is 0 Å². The Morgan fingerprint density at radius 2 is 2.11 bits per heavy atom. The van der Waals surface area contributed by atoms with Crippen LogP contribution in [-0.2, 0) is 12.2 Å². The third kappa shape index (κ3) is 4.33. The van der Waals surface area contributed by atoms with E-state index in [-0.39, 0.29) is 12.4 Å². The van der Waals surface area contributed by atoms with Gasteiger partial charge in [0.05, 0.1) is 5.75 Å². The van der Waals surface area contributed by atoms with Crippen LogP contribution in [0.4, 0.5) is 4.39 Å². The van der Waals surface area contributed by atoms with Crippen molar-refractivity contribution in [2.75, 3.05) is 6.61 Å². The first-order valence-corrected chi connectivity index (χ1v) is 7.08. The van der Waals surface area contributed by atoms with Gasteiger partial charge in [-0.25, -0.2) is 4.39 Å². The van der Waals surface area contributed by atoms with Gasteiger partial charge in [-0.05, 0) is 25.0 Å². The molecule has 0 atom stereocenters. The Hall–Kier alpha value is -1.40. The number of rotatable bonds is 7. The van der Waals surface area contributed by atoms with Crippen LogP contribution in [0.15, 0.2) is 33.7 Å². The number of benzene rings is 1. The third-order valence-electron chi connectivity index (χ3n) is 2.50. The van der Waals surface area contributed by atoms with Crippen molar-refractivity contribution in [1.82, 2.24) is 10.1 Å². The van der Waals surface area contributed by atoms with Crippen molar-refractivity contribution in [1.29, 1.82) is 0 Å². The molecule has 0 fully saturated rings. The summed E-state index contributed by atoms with van der Waals surface area (Å²) in [5, 5.41) is 12.5. The monoisotopic (exact) mass is 282 g/mol. The molecule has 0 saturated heterocycles. The second kappa shape index (κ2) is 7.25. The Morgan fingerprint density at radius 1 is 1.26 bits per heavy atom. The van der Waals surface area contributed by atoms with Gasteiger partial charge < -0.3 is 9.63 Å². The van der Waals surface area contributed by atoms with Crippen molar-refractivity contribution in [3.05, 3.63) is 41.8 Å². The molecule has 19 heavy (non-hydrogen) atoms. The van der Waals surface area contributed by atoms with E-state index >= 15 is 0 Å². The highest BCUT2D eigenvalue weighted by Crippen LogP contribution is 2.24. The van der Waals surface area contributed by atoms with Gasteiger partial charge in [0.1, 0.15) is 5.82 Å². The van der Waals surface area contributed by atoms with Crippen LogP contribution in [0.5, 0.6) is 0 Å². The quantitative estimate of drug-likeness (QED) is 0.625. The Bertz CT molecular complexity index is 519. The average Bonchev–Trinajstić information content (AvgIpc) is 2.86. The van der Waals surface area contributed by atoms with E-state index in [9.17, 15) is 4.39 Å². The summed E-state index contributed by atoms with van der Waals surface area (Å²) >= 11 is 1.34. The minimum Gasteiger partial charge on any atom is -0.396 e. The van der Waals surface area contributed by atoms with Crippen molar-refractivity contribution in [2.45, 2.75) is 29.9 Å². The summed E-state index contributed by atoms with van der Waals surface area (Å²) in [6.07, 6.45) is 2.21. The van der Waals surface area contributed by atoms with Gasteiger partial charge in [-0.15, -0.1) is 11.8 Å². The predicted molar refractivity (Wildman–Crippen MR) is 70.3 cm³/mol. The fourth-order valence-electron chi connectivity index (χ4n) is 1.54. The van der Waals surface area contributed by atoms with E-state index in [0.717, 1.165) is 12.8 Å². The average molecular weight is 282 g/mol. The first kappa shape index (κ1) is 14.0. The first-order chi connectivity index (χ1) is 9.29. The normalized spacial score (nSPS) is 10.8. The number of nitrogens with zero attached hydrogens (tertiary/aromatic N) is 2. The van der Waals surface area contributed by atoms with E-state index in [1.54, 1.807) is 18.2 Å². The molecule has 2 rings (SSSR count). The molecular weight excluding hydrogens is 267 g/mol. The summed E-state index contributed by atoms with van der Waals surface area (Å²) in [6.45, 7) is 0.171. The lowest BCUT2D eigenvalue weighted by Gasteiger charge is -1.99. The summed E-state index contributed by atoms with van der Waals surface area (Å²) in [7, 11) is 0. The highest BCUT2D eigenvalue weighted by atomic mass is 32.2. The van der Waals surface area contributed by atoms with Crippen LogP contribution in [0.2, 0.25) is 0 Å². The van der Waals surface area contributed by atoms with E-state index in [0.29, 0.717) is 28.8 Å². The van der Waals surface area contributed by atoms with Crippen LogP contribution < -0.4 is 0 Å². The van der Waals surface area contributed by atoms with Crippen LogP contribution in [0.1, 0.15) is 24.6 Å². The minimum atomic E-state index is -0.237. The number of thioether (sulfide) groups is 1. The second-order valence-corrected chi connectivity index (χ2v) is 5.02. The van der Waals surface area contributed by atoms with Gasteiger partial charge in [0.2, 0.25) is 5.89 Å². The number of aryl methyl sites for hydroxylation is 1. The molecule has 0 aliphatic heterocycles. The summed E-state index contributed by atoms with van der Waals surface area (Å²) in [5.41, 5.74) is 0. The highest BCUT2D eigenvalue weighted by molar-refractivity contribution is 7.98. The van der Waals surface area contributed by atoms with Crippen molar-refractivity contribution >= 4 is 11.8 Å². The van der Waals surface area contributed by atoms with Crippen LogP contribution in [0.25, 0.3) is 0 Å². The number of halogens is 1. The van der Waals surface area contributed by atoms with Gasteiger partial charge in [-0.2, -0.15) is 4.98 Å². The smallest absolute Gasteiger partial charge is 0.226 e.